The lowest BCUT2D eigenvalue weighted by Crippen LogP contribution is -2.40. The molecule has 0 aromatic heterocycles. The molecule has 0 aliphatic heterocycles. The van der Waals surface area contributed by atoms with Crippen LogP contribution >= 0.6 is 0 Å². The summed E-state index contributed by atoms with van der Waals surface area (Å²) >= 11 is 0. The van der Waals surface area contributed by atoms with E-state index in [1.54, 1.807) is 6.92 Å². The molecule has 1 atom stereocenters. The summed E-state index contributed by atoms with van der Waals surface area (Å²) in [6, 6.07) is 0.0410. The summed E-state index contributed by atoms with van der Waals surface area (Å²) in [6.45, 7) is 2.28. The van der Waals surface area contributed by atoms with Crippen LogP contribution in [0.1, 0.15) is 26.2 Å². The van der Waals surface area contributed by atoms with Crippen molar-refractivity contribution in [2.75, 3.05) is 13.7 Å². The second kappa shape index (κ2) is 5.70. The van der Waals surface area contributed by atoms with E-state index in [1.165, 1.54) is 20.0 Å². The van der Waals surface area contributed by atoms with Crippen LogP contribution in [0.4, 0.5) is 0 Å². The Kier molecular flexibility index (Phi) is 4.55. The Hall–Kier alpha value is -1.10. The van der Waals surface area contributed by atoms with Gasteiger partial charge in [-0.15, -0.1) is 0 Å². The molecule has 1 aliphatic rings. The molecule has 0 spiro atoms. The molecule has 1 fully saturated rings. The van der Waals surface area contributed by atoms with E-state index in [1.807, 2.05) is 0 Å². The number of carbonyl (C=O) groups excluding carboxylic acids is 2. The maximum atomic E-state index is 11.3. The van der Waals surface area contributed by atoms with Crippen molar-refractivity contribution in [3.05, 3.63) is 0 Å². The number of hydrogen-bond acceptors (Lipinski definition) is 4. The van der Waals surface area contributed by atoms with Crippen molar-refractivity contribution in [1.82, 2.24) is 10.6 Å². The van der Waals surface area contributed by atoms with Crippen LogP contribution in [0, 0.1) is 0 Å². The lowest BCUT2D eigenvalue weighted by Gasteiger charge is -2.11. The van der Waals surface area contributed by atoms with Gasteiger partial charge in [-0.3, -0.25) is 4.79 Å². The highest BCUT2D eigenvalue weighted by molar-refractivity contribution is 5.84. The van der Waals surface area contributed by atoms with Crippen molar-refractivity contribution in [2.24, 2.45) is 0 Å². The van der Waals surface area contributed by atoms with Crippen LogP contribution in [0.3, 0.4) is 0 Å². The van der Waals surface area contributed by atoms with Gasteiger partial charge in [-0.25, -0.2) is 4.79 Å². The molecular weight excluding hydrogens is 196 g/mol. The quantitative estimate of drug-likeness (QED) is 0.601. The van der Waals surface area contributed by atoms with Gasteiger partial charge in [-0.05, 0) is 19.8 Å². The fraction of sp³-hybridized carbons (Fsp3) is 0.800. The second-order valence-corrected chi connectivity index (χ2v) is 3.79. The highest BCUT2D eigenvalue weighted by atomic mass is 16.5. The first kappa shape index (κ1) is 12.0. The van der Waals surface area contributed by atoms with Gasteiger partial charge in [0.05, 0.1) is 7.11 Å². The van der Waals surface area contributed by atoms with Crippen molar-refractivity contribution >= 4 is 11.9 Å². The van der Waals surface area contributed by atoms with Crippen molar-refractivity contribution in [2.45, 2.75) is 38.3 Å². The normalized spacial score (nSPS) is 16.9. The molecule has 0 heterocycles. The molecule has 5 nitrogen and oxygen atoms in total. The Bertz CT molecular complexity index is 239. The van der Waals surface area contributed by atoms with Crippen molar-refractivity contribution in [1.29, 1.82) is 0 Å². The van der Waals surface area contributed by atoms with Crippen LogP contribution < -0.4 is 10.6 Å². The maximum Gasteiger partial charge on any atom is 0.328 e. The van der Waals surface area contributed by atoms with Gasteiger partial charge in [0.25, 0.3) is 0 Å². The minimum absolute atomic E-state index is 0.124. The fourth-order valence-corrected chi connectivity index (χ4v) is 1.23. The Labute approximate surface area is 89.6 Å². The Morgan fingerprint density at radius 3 is 2.67 bits per heavy atom. The molecule has 5 heteroatoms. The highest BCUT2D eigenvalue weighted by Crippen LogP contribution is 2.18. The fourth-order valence-electron chi connectivity index (χ4n) is 1.23. The van der Waals surface area contributed by atoms with Crippen LogP contribution in [0.2, 0.25) is 0 Å². The summed E-state index contributed by atoms with van der Waals surface area (Å²) < 4.78 is 4.50. The first-order valence-corrected chi connectivity index (χ1v) is 5.24. The molecule has 1 aliphatic carbocycles. The van der Waals surface area contributed by atoms with Crippen LogP contribution in [-0.2, 0) is 14.3 Å². The van der Waals surface area contributed by atoms with Gasteiger partial charge in [-0.1, -0.05) is 0 Å². The molecule has 0 saturated heterocycles. The zero-order valence-electron chi connectivity index (χ0n) is 9.21. The van der Waals surface area contributed by atoms with E-state index in [0.29, 0.717) is 19.0 Å². The lowest BCUT2D eigenvalue weighted by atomic mass is 10.3. The van der Waals surface area contributed by atoms with Crippen molar-refractivity contribution < 1.29 is 14.3 Å². The van der Waals surface area contributed by atoms with Crippen LogP contribution in [0.25, 0.3) is 0 Å². The molecule has 0 bridgehead atoms. The molecule has 1 saturated carbocycles. The molecule has 0 radical (unpaired) electrons. The second-order valence-electron chi connectivity index (χ2n) is 3.79. The smallest absolute Gasteiger partial charge is 0.328 e. The largest absolute Gasteiger partial charge is 0.467 e. The number of hydrogen-bond donors (Lipinski definition) is 2. The van der Waals surface area contributed by atoms with E-state index >= 15 is 0 Å². The van der Waals surface area contributed by atoms with Crippen molar-refractivity contribution in [3.8, 4) is 0 Å². The first-order chi connectivity index (χ1) is 7.13. The average molecular weight is 214 g/mol. The van der Waals surface area contributed by atoms with Gasteiger partial charge in [0.15, 0.2) is 0 Å². The number of amides is 1. The number of nitrogens with one attached hydrogen (secondary N) is 2. The highest BCUT2D eigenvalue weighted by Gasteiger charge is 2.20. The van der Waals surface area contributed by atoms with Gasteiger partial charge in [0.1, 0.15) is 6.04 Å². The van der Waals surface area contributed by atoms with Gasteiger partial charge in [0.2, 0.25) is 5.91 Å². The SMILES string of the molecule is COC(=O)C(C)NC(=O)CCNC1CC1. The van der Waals surface area contributed by atoms with E-state index in [2.05, 4.69) is 15.4 Å². The number of esters is 1. The first-order valence-electron chi connectivity index (χ1n) is 5.24. The monoisotopic (exact) mass is 214 g/mol. The van der Waals surface area contributed by atoms with Crippen molar-refractivity contribution in [3.63, 3.8) is 0 Å². The molecule has 1 rings (SSSR count). The molecule has 0 aromatic carbocycles. The molecular formula is C10H18N2O3. The van der Waals surface area contributed by atoms with Gasteiger partial charge in [-0.2, -0.15) is 0 Å². The number of rotatable bonds is 6. The Morgan fingerprint density at radius 1 is 1.47 bits per heavy atom. The van der Waals surface area contributed by atoms with E-state index in [9.17, 15) is 9.59 Å². The van der Waals surface area contributed by atoms with Crippen LogP contribution in [-0.4, -0.2) is 37.6 Å². The summed E-state index contributed by atoms with van der Waals surface area (Å²) in [4.78, 5) is 22.3. The van der Waals surface area contributed by atoms with Crippen LogP contribution in [0.5, 0.6) is 0 Å². The standard InChI is InChI=1S/C10H18N2O3/c1-7(10(14)15-2)12-9(13)5-6-11-8-3-4-8/h7-8,11H,3-6H2,1-2H3,(H,12,13). The summed E-state index contributed by atoms with van der Waals surface area (Å²) in [7, 11) is 1.31. The minimum atomic E-state index is -0.566. The molecule has 1 unspecified atom stereocenters. The van der Waals surface area contributed by atoms with Gasteiger partial charge >= 0.3 is 5.97 Å². The minimum Gasteiger partial charge on any atom is -0.467 e. The molecule has 86 valence electrons. The topological polar surface area (TPSA) is 67.4 Å². The van der Waals surface area contributed by atoms with Crippen LogP contribution in [0.15, 0.2) is 0 Å². The zero-order chi connectivity index (χ0) is 11.3. The predicted molar refractivity (Wildman–Crippen MR) is 55.3 cm³/mol. The predicted octanol–water partition coefficient (Wildman–Crippen LogP) is -0.194. The number of carbonyl (C=O) groups is 2. The van der Waals surface area contributed by atoms with E-state index in [4.69, 9.17) is 0 Å². The Morgan fingerprint density at radius 2 is 2.13 bits per heavy atom. The average Bonchev–Trinajstić information content (AvgIpc) is 3.00. The number of methoxy groups -OCH3 is 1. The summed E-state index contributed by atoms with van der Waals surface area (Å²) in [6.07, 6.45) is 2.82. The zero-order valence-corrected chi connectivity index (χ0v) is 9.21. The molecule has 0 aromatic rings. The third-order valence-corrected chi connectivity index (χ3v) is 2.29. The third-order valence-electron chi connectivity index (χ3n) is 2.29. The van der Waals surface area contributed by atoms with E-state index < -0.39 is 12.0 Å². The molecule has 15 heavy (non-hydrogen) atoms. The summed E-state index contributed by atoms with van der Waals surface area (Å²) in [5, 5.41) is 5.80. The third kappa shape index (κ3) is 4.78. The Balaban J connectivity index is 2.07. The van der Waals surface area contributed by atoms with E-state index in [-0.39, 0.29) is 5.91 Å². The summed E-state index contributed by atoms with van der Waals surface area (Å²) in [5.74, 6) is -0.542. The van der Waals surface area contributed by atoms with Gasteiger partial charge in [0, 0.05) is 19.0 Å². The molecule has 2 N–H and O–H groups in total. The lowest BCUT2D eigenvalue weighted by molar-refractivity contribution is -0.144. The summed E-state index contributed by atoms with van der Waals surface area (Å²) in [5.41, 5.74) is 0. The van der Waals surface area contributed by atoms with E-state index in [0.717, 1.165) is 0 Å². The number of ether oxygens (including phenoxy) is 1. The molecule has 1 amide bonds. The maximum absolute atomic E-state index is 11.3. The van der Waals surface area contributed by atoms with Gasteiger partial charge < -0.3 is 15.4 Å².